The Bertz CT molecular complexity index is 878. The molecule has 0 spiro atoms. The summed E-state index contributed by atoms with van der Waals surface area (Å²) in [7, 11) is 0. The van der Waals surface area contributed by atoms with Crippen molar-refractivity contribution in [3.8, 4) is 17.1 Å². The zero-order valence-electron chi connectivity index (χ0n) is 13.8. The van der Waals surface area contributed by atoms with Crippen molar-refractivity contribution in [2.24, 2.45) is 0 Å². The van der Waals surface area contributed by atoms with E-state index >= 15 is 0 Å². The van der Waals surface area contributed by atoms with Gasteiger partial charge in [-0.15, -0.1) is 0 Å². The number of nitrogens with zero attached hydrogens (tertiary/aromatic N) is 3. The third-order valence-electron chi connectivity index (χ3n) is 4.80. The van der Waals surface area contributed by atoms with Gasteiger partial charge in [0.15, 0.2) is 5.82 Å². The van der Waals surface area contributed by atoms with Crippen molar-refractivity contribution in [1.29, 1.82) is 0 Å². The summed E-state index contributed by atoms with van der Waals surface area (Å²) in [5, 5.41) is 11.3. The van der Waals surface area contributed by atoms with Gasteiger partial charge in [-0.05, 0) is 50.5 Å². The zero-order valence-corrected chi connectivity index (χ0v) is 13.8. The van der Waals surface area contributed by atoms with Crippen LogP contribution in [0.4, 0.5) is 5.82 Å². The van der Waals surface area contributed by atoms with E-state index in [1.807, 2.05) is 36.4 Å². The van der Waals surface area contributed by atoms with Crippen LogP contribution >= 0.6 is 0 Å². The topological polar surface area (TPSA) is 49.2 Å². The van der Waals surface area contributed by atoms with Gasteiger partial charge in [0, 0.05) is 18.0 Å². The Morgan fingerprint density at radius 3 is 2.62 bits per heavy atom. The minimum absolute atomic E-state index is 0.213. The van der Waals surface area contributed by atoms with Gasteiger partial charge in [-0.3, -0.25) is 0 Å². The predicted molar refractivity (Wildman–Crippen MR) is 97.3 cm³/mol. The number of benzene rings is 2. The summed E-state index contributed by atoms with van der Waals surface area (Å²) in [6, 6.07) is 15.8. The second-order valence-corrected chi connectivity index (χ2v) is 6.44. The third kappa shape index (κ3) is 2.58. The fraction of sp³-hybridized carbons (Fsp3) is 0.300. The second kappa shape index (κ2) is 6.11. The monoisotopic (exact) mass is 319 g/mol. The van der Waals surface area contributed by atoms with Gasteiger partial charge in [-0.1, -0.05) is 24.3 Å². The third-order valence-corrected chi connectivity index (χ3v) is 4.80. The van der Waals surface area contributed by atoms with Gasteiger partial charge in [0.1, 0.15) is 11.6 Å². The SMILES string of the molecule is C[C@@H]1CCCCN1c1nc(-c2ccccc2O)nc2ccccc12. The number of fused-ring (bicyclic) bond motifs is 1. The molecule has 4 nitrogen and oxygen atoms in total. The smallest absolute Gasteiger partial charge is 0.165 e. The average molecular weight is 319 g/mol. The highest BCUT2D eigenvalue weighted by molar-refractivity contribution is 5.91. The fourth-order valence-corrected chi connectivity index (χ4v) is 3.47. The van der Waals surface area contributed by atoms with E-state index < -0.39 is 0 Å². The van der Waals surface area contributed by atoms with Crippen molar-refractivity contribution in [1.82, 2.24) is 9.97 Å². The molecule has 0 unspecified atom stereocenters. The summed E-state index contributed by atoms with van der Waals surface area (Å²) >= 11 is 0. The molecule has 1 N–H and O–H groups in total. The Labute approximate surface area is 141 Å². The largest absolute Gasteiger partial charge is 0.507 e. The Morgan fingerprint density at radius 1 is 1.00 bits per heavy atom. The number of rotatable bonds is 2. The maximum Gasteiger partial charge on any atom is 0.165 e. The molecular weight excluding hydrogens is 298 g/mol. The lowest BCUT2D eigenvalue weighted by Crippen LogP contribution is -2.38. The Hall–Kier alpha value is -2.62. The summed E-state index contributed by atoms with van der Waals surface area (Å²) in [4.78, 5) is 11.9. The lowest BCUT2D eigenvalue weighted by Gasteiger charge is -2.35. The highest BCUT2D eigenvalue weighted by atomic mass is 16.3. The van der Waals surface area contributed by atoms with Crippen LogP contribution in [0.3, 0.4) is 0 Å². The number of aromatic nitrogens is 2. The first kappa shape index (κ1) is 14.9. The fourth-order valence-electron chi connectivity index (χ4n) is 3.47. The predicted octanol–water partition coefficient (Wildman–Crippen LogP) is 4.38. The molecule has 24 heavy (non-hydrogen) atoms. The number of para-hydroxylation sites is 2. The zero-order chi connectivity index (χ0) is 16.5. The second-order valence-electron chi connectivity index (χ2n) is 6.44. The molecule has 1 aliphatic heterocycles. The highest BCUT2D eigenvalue weighted by Crippen LogP contribution is 2.33. The van der Waals surface area contributed by atoms with Gasteiger partial charge in [0.2, 0.25) is 0 Å². The van der Waals surface area contributed by atoms with Crippen molar-refractivity contribution >= 4 is 16.7 Å². The number of phenols is 1. The summed E-state index contributed by atoms with van der Waals surface area (Å²) in [5.74, 6) is 1.77. The minimum Gasteiger partial charge on any atom is -0.507 e. The van der Waals surface area contributed by atoms with Crippen LogP contribution in [-0.4, -0.2) is 27.7 Å². The van der Waals surface area contributed by atoms with Crippen LogP contribution in [0.5, 0.6) is 5.75 Å². The summed E-state index contributed by atoms with van der Waals surface area (Å²) < 4.78 is 0. The molecule has 122 valence electrons. The molecule has 4 rings (SSSR count). The van der Waals surface area contributed by atoms with Gasteiger partial charge < -0.3 is 10.0 Å². The van der Waals surface area contributed by atoms with E-state index in [1.165, 1.54) is 19.3 Å². The summed E-state index contributed by atoms with van der Waals surface area (Å²) in [6.07, 6.45) is 3.64. The number of aromatic hydroxyl groups is 1. The van der Waals surface area contributed by atoms with Crippen LogP contribution in [0.2, 0.25) is 0 Å². The van der Waals surface area contributed by atoms with E-state index in [4.69, 9.17) is 4.98 Å². The highest BCUT2D eigenvalue weighted by Gasteiger charge is 2.23. The van der Waals surface area contributed by atoms with E-state index in [2.05, 4.69) is 22.9 Å². The van der Waals surface area contributed by atoms with Crippen LogP contribution in [0.25, 0.3) is 22.3 Å². The molecule has 1 aromatic heterocycles. The van der Waals surface area contributed by atoms with Crippen LogP contribution in [0.1, 0.15) is 26.2 Å². The first-order chi connectivity index (χ1) is 11.7. The van der Waals surface area contributed by atoms with Crippen molar-refractivity contribution in [3.05, 3.63) is 48.5 Å². The number of hydrogen-bond acceptors (Lipinski definition) is 4. The maximum atomic E-state index is 10.2. The molecule has 0 bridgehead atoms. The normalized spacial score (nSPS) is 18.0. The van der Waals surface area contributed by atoms with Gasteiger partial charge in [0.05, 0.1) is 11.1 Å². The van der Waals surface area contributed by atoms with Gasteiger partial charge in [-0.2, -0.15) is 0 Å². The van der Waals surface area contributed by atoms with E-state index in [9.17, 15) is 5.11 Å². The molecule has 1 atom stereocenters. The van der Waals surface area contributed by atoms with Gasteiger partial charge in [-0.25, -0.2) is 9.97 Å². The molecule has 4 heteroatoms. The van der Waals surface area contributed by atoms with Gasteiger partial charge >= 0.3 is 0 Å². The standard InChI is InChI=1S/C20H21N3O/c1-14-8-6-7-13-23(14)20-15-9-2-4-11-17(15)21-19(22-20)16-10-3-5-12-18(16)24/h2-5,9-12,14,24H,6-8,13H2,1H3/t14-/m1/s1. The van der Waals surface area contributed by atoms with Crippen LogP contribution < -0.4 is 4.90 Å². The Kier molecular flexibility index (Phi) is 3.81. The van der Waals surface area contributed by atoms with Crippen LogP contribution in [0.15, 0.2) is 48.5 Å². The molecule has 2 heterocycles. The van der Waals surface area contributed by atoms with Crippen molar-refractivity contribution in [2.75, 3.05) is 11.4 Å². The summed E-state index contributed by atoms with van der Waals surface area (Å²) in [5.41, 5.74) is 1.59. The van der Waals surface area contributed by atoms with Crippen LogP contribution in [-0.2, 0) is 0 Å². The molecule has 1 aliphatic rings. The number of piperidine rings is 1. The molecule has 2 aromatic carbocycles. The molecule has 0 saturated carbocycles. The maximum absolute atomic E-state index is 10.2. The molecule has 1 saturated heterocycles. The number of hydrogen-bond donors (Lipinski definition) is 1. The summed E-state index contributed by atoms with van der Waals surface area (Å²) in [6.45, 7) is 3.28. The van der Waals surface area contributed by atoms with Gasteiger partial charge in [0.25, 0.3) is 0 Å². The average Bonchev–Trinajstić information content (AvgIpc) is 2.62. The van der Waals surface area contributed by atoms with E-state index in [0.717, 1.165) is 23.3 Å². The molecule has 0 amide bonds. The van der Waals surface area contributed by atoms with Crippen molar-refractivity contribution in [3.63, 3.8) is 0 Å². The molecule has 0 radical (unpaired) electrons. The molecule has 3 aromatic rings. The van der Waals surface area contributed by atoms with E-state index in [1.54, 1.807) is 6.07 Å². The van der Waals surface area contributed by atoms with Crippen LogP contribution in [0, 0.1) is 0 Å². The number of anilines is 1. The Morgan fingerprint density at radius 2 is 1.79 bits per heavy atom. The Balaban J connectivity index is 1.93. The molecule has 1 fully saturated rings. The first-order valence-corrected chi connectivity index (χ1v) is 8.56. The number of phenolic OH excluding ortho intramolecular Hbond substituents is 1. The minimum atomic E-state index is 0.213. The molecule has 0 aliphatic carbocycles. The van der Waals surface area contributed by atoms with E-state index in [0.29, 0.717) is 17.4 Å². The van der Waals surface area contributed by atoms with Crippen molar-refractivity contribution < 1.29 is 5.11 Å². The lowest BCUT2D eigenvalue weighted by atomic mass is 10.0. The first-order valence-electron chi connectivity index (χ1n) is 8.56. The van der Waals surface area contributed by atoms with Crippen molar-refractivity contribution in [2.45, 2.75) is 32.2 Å². The molecular formula is C20H21N3O. The lowest BCUT2D eigenvalue weighted by molar-refractivity contribution is 0.476. The van der Waals surface area contributed by atoms with E-state index in [-0.39, 0.29) is 5.75 Å². The quantitative estimate of drug-likeness (QED) is 0.761.